The Hall–Kier alpha value is -2.37. The van der Waals surface area contributed by atoms with Crippen molar-refractivity contribution in [3.05, 3.63) is 47.4 Å². The second-order valence-electron chi connectivity index (χ2n) is 3.51. The molecule has 0 aromatic heterocycles. The standard InChI is InChI=1S/C11H9FN2O3/c12-7-3-1-6(2-4-7)8-5-9(10(15)16)14-11(17)13-8/h1-5,8H,(H,15,16)(H2,13,14,17). The van der Waals surface area contributed by atoms with Crippen LogP contribution in [0.25, 0.3) is 0 Å². The molecule has 0 spiro atoms. The molecule has 0 fully saturated rings. The van der Waals surface area contributed by atoms with Gasteiger partial charge in [0, 0.05) is 0 Å². The molecule has 2 amide bonds. The number of urea groups is 1. The largest absolute Gasteiger partial charge is 0.477 e. The monoisotopic (exact) mass is 236 g/mol. The van der Waals surface area contributed by atoms with Gasteiger partial charge in [-0.2, -0.15) is 0 Å². The summed E-state index contributed by atoms with van der Waals surface area (Å²) in [5.41, 5.74) is 0.420. The lowest BCUT2D eigenvalue weighted by Crippen LogP contribution is -2.43. The lowest BCUT2D eigenvalue weighted by molar-refractivity contribution is -0.133. The molecule has 0 aliphatic carbocycles. The lowest BCUT2D eigenvalue weighted by Gasteiger charge is -2.22. The highest BCUT2D eigenvalue weighted by molar-refractivity contribution is 5.93. The Kier molecular flexibility index (Phi) is 2.78. The molecule has 1 unspecified atom stereocenters. The number of benzene rings is 1. The van der Waals surface area contributed by atoms with Crippen LogP contribution in [-0.2, 0) is 4.79 Å². The molecule has 0 saturated heterocycles. The molecule has 2 rings (SSSR count). The van der Waals surface area contributed by atoms with E-state index in [-0.39, 0.29) is 5.70 Å². The van der Waals surface area contributed by atoms with E-state index in [1.165, 1.54) is 30.3 Å². The summed E-state index contributed by atoms with van der Waals surface area (Å²) in [6.45, 7) is 0. The predicted octanol–water partition coefficient (Wildman–Crippen LogP) is 1.15. The Balaban J connectivity index is 2.32. The molecule has 1 aromatic carbocycles. The maximum Gasteiger partial charge on any atom is 0.352 e. The summed E-state index contributed by atoms with van der Waals surface area (Å²) < 4.78 is 12.7. The number of amides is 2. The van der Waals surface area contributed by atoms with Crippen LogP contribution in [0.15, 0.2) is 36.0 Å². The quantitative estimate of drug-likeness (QED) is 0.720. The van der Waals surface area contributed by atoms with E-state index < -0.39 is 23.9 Å². The van der Waals surface area contributed by atoms with Gasteiger partial charge in [-0.1, -0.05) is 12.1 Å². The van der Waals surface area contributed by atoms with Crippen molar-refractivity contribution in [3.8, 4) is 0 Å². The SMILES string of the molecule is O=C1NC(C(=O)O)=CC(c2ccc(F)cc2)N1. The van der Waals surface area contributed by atoms with Crippen molar-refractivity contribution in [2.75, 3.05) is 0 Å². The van der Waals surface area contributed by atoms with Gasteiger partial charge in [0.2, 0.25) is 0 Å². The second-order valence-corrected chi connectivity index (χ2v) is 3.51. The maximum atomic E-state index is 12.7. The van der Waals surface area contributed by atoms with E-state index in [9.17, 15) is 14.0 Å². The second kappa shape index (κ2) is 4.25. The highest BCUT2D eigenvalue weighted by atomic mass is 19.1. The van der Waals surface area contributed by atoms with E-state index >= 15 is 0 Å². The smallest absolute Gasteiger partial charge is 0.352 e. The van der Waals surface area contributed by atoms with Gasteiger partial charge in [-0.25, -0.2) is 14.0 Å². The van der Waals surface area contributed by atoms with E-state index in [0.29, 0.717) is 5.56 Å². The van der Waals surface area contributed by atoms with Crippen LogP contribution in [-0.4, -0.2) is 17.1 Å². The first-order valence-corrected chi connectivity index (χ1v) is 4.84. The average molecular weight is 236 g/mol. The van der Waals surface area contributed by atoms with Crippen molar-refractivity contribution in [1.29, 1.82) is 0 Å². The van der Waals surface area contributed by atoms with Gasteiger partial charge in [-0.05, 0) is 23.8 Å². The lowest BCUT2D eigenvalue weighted by atomic mass is 10.0. The number of nitrogens with one attached hydrogen (secondary N) is 2. The van der Waals surface area contributed by atoms with Crippen molar-refractivity contribution in [2.45, 2.75) is 6.04 Å². The van der Waals surface area contributed by atoms with E-state index in [1.54, 1.807) is 0 Å². The van der Waals surface area contributed by atoms with Crippen molar-refractivity contribution < 1.29 is 19.1 Å². The van der Waals surface area contributed by atoms with Crippen LogP contribution in [0, 0.1) is 5.82 Å². The van der Waals surface area contributed by atoms with E-state index in [0.717, 1.165) is 0 Å². The molecule has 0 radical (unpaired) electrons. The maximum absolute atomic E-state index is 12.7. The van der Waals surface area contributed by atoms with Crippen LogP contribution in [0.5, 0.6) is 0 Å². The normalized spacial score (nSPS) is 19.0. The first-order valence-electron chi connectivity index (χ1n) is 4.84. The Bertz CT molecular complexity index is 496. The molecule has 0 saturated carbocycles. The highest BCUT2D eigenvalue weighted by Gasteiger charge is 2.22. The van der Waals surface area contributed by atoms with Gasteiger partial charge in [0.15, 0.2) is 0 Å². The molecule has 1 atom stereocenters. The fourth-order valence-electron chi connectivity index (χ4n) is 1.52. The third kappa shape index (κ3) is 2.41. The molecule has 88 valence electrons. The molecule has 0 bridgehead atoms. The number of rotatable bonds is 2. The molecule has 6 heteroatoms. The van der Waals surface area contributed by atoms with Gasteiger partial charge < -0.3 is 15.7 Å². The molecular weight excluding hydrogens is 227 g/mol. The molecule has 5 nitrogen and oxygen atoms in total. The van der Waals surface area contributed by atoms with Gasteiger partial charge >= 0.3 is 12.0 Å². The summed E-state index contributed by atoms with van der Waals surface area (Å²) in [6, 6.07) is 4.30. The zero-order valence-electron chi connectivity index (χ0n) is 8.61. The van der Waals surface area contributed by atoms with Gasteiger partial charge in [0.25, 0.3) is 0 Å². The minimum atomic E-state index is -1.22. The fraction of sp³-hybridized carbons (Fsp3) is 0.0909. The number of hydrogen-bond donors (Lipinski definition) is 3. The van der Waals surface area contributed by atoms with Crippen LogP contribution in [0.3, 0.4) is 0 Å². The summed E-state index contributed by atoms with van der Waals surface area (Å²) in [6.07, 6.45) is 1.36. The number of carbonyl (C=O) groups is 2. The third-order valence-electron chi connectivity index (χ3n) is 2.33. The zero-order valence-corrected chi connectivity index (χ0v) is 8.61. The van der Waals surface area contributed by atoms with Crippen molar-refractivity contribution >= 4 is 12.0 Å². The Morgan fingerprint density at radius 1 is 1.29 bits per heavy atom. The summed E-state index contributed by atoms with van der Waals surface area (Å²) in [4.78, 5) is 22.0. The minimum Gasteiger partial charge on any atom is -0.477 e. The van der Waals surface area contributed by atoms with Crippen LogP contribution in [0.2, 0.25) is 0 Å². The third-order valence-corrected chi connectivity index (χ3v) is 2.33. The van der Waals surface area contributed by atoms with Crippen LogP contribution >= 0.6 is 0 Å². The van der Waals surface area contributed by atoms with E-state index in [4.69, 9.17) is 5.11 Å². The Morgan fingerprint density at radius 3 is 2.53 bits per heavy atom. The Labute approximate surface area is 95.9 Å². The van der Waals surface area contributed by atoms with E-state index in [2.05, 4.69) is 10.6 Å². The number of carbonyl (C=O) groups excluding carboxylic acids is 1. The predicted molar refractivity (Wildman–Crippen MR) is 56.5 cm³/mol. The fourth-order valence-corrected chi connectivity index (χ4v) is 1.52. The van der Waals surface area contributed by atoms with Crippen LogP contribution < -0.4 is 10.6 Å². The number of aliphatic carboxylic acids is 1. The van der Waals surface area contributed by atoms with Gasteiger partial charge in [0.1, 0.15) is 11.5 Å². The van der Waals surface area contributed by atoms with Crippen molar-refractivity contribution in [3.63, 3.8) is 0 Å². The van der Waals surface area contributed by atoms with Crippen molar-refractivity contribution in [1.82, 2.24) is 10.6 Å². The first-order chi connectivity index (χ1) is 8.06. The van der Waals surface area contributed by atoms with Crippen LogP contribution in [0.4, 0.5) is 9.18 Å². The van der Waals surface area contributed by atoms with Gasteiger partial charge in [-0.3, -0.25) is 0 Å². The zero-order chi connectivity index (χ0) is 12.4. The first kappa shape index (κ1) is 11.1. The summed E-state index contributed by atoms with van der Waals surface area (Å²) in [7, 11) is 0. The van der Waals surface area contributed by atoms with Gasteiger partial charge in [0.05, 0.1) is 6.04 Å². The van der Waals surface area contributed by atoms with Gasteiger partial charge in [-0.15, -0.1) is 0 Å². The number of carboxylic acid groups (broad SMARTS) is 1. The molecule has 17 heavy (non-hydrogen) atoms. The van der Waals surface area contributed by atoms with Crippen molar-refractivity contribution in [2.24, 2.45) is 0 Å². The van der Waals surface area contributed by atoms with Crippen LogP contribution in [0.1, 0.15) is 11.6 Å². The minimum absolute atomic E-state index is 0.192. The number of halogens is 1. The summed E-state index contributed by atoms with van der Waals surface area (Å²) in [5.74, 6) is -1.61. The number of carboxylic acids is 1. The van der Waals surface area contributed by atoms with E-state index in [1.807, 2.05) is 0 Å². The summed E-state index contributed by atoms with van der Waals surface area (Å²) >= 11 is 0. The topological polar surface area (TPSA) is 78.4 Å². The molecular formula is C11H9FN2O3. The molecule has 1 heterocycles. The molecule has 1 aromatic rings. The molecule has 1 aliphatic heterocycles. The molecule has 3 N–H and O–H groups in total. The molecule has 1 aliphatic rings. The highest BCUT2D eigenvalue weighted by Crippen LogP contribution is 2.18. The Morgan fingerprint density at radius 2 is 1.94 bits per heavy atom. The summed E-state index contributed by atoms with van der Waals surface area (Å²) in [5, 5.41) is 13.5. The average Bonchev–Trinajstić information content (AvgIpc) is 2.29. The number of hydrogen-bond acceptors (Lipinski definition) is 2.